The van der Waals surface area contributed by atoms with E-state index in [1.807, 2.05) is 0 Å². The van der Waals surface area contributed by atoms with E-state index in [1.165, 1.54) is 29.8 Å². The van der Waals surface area contributed by atoms with Crippen LogP contribution >= 0.6 is 0 Å². The first-order valence-corrected chi connectivity index (χ1v) is 5.30. The Hall–Kier alpha value is -1.18. The van der Waals surface area contributed by atoms with Gasteiger partial charge in [-0.25, -0.2) is 0 Å². The van der Waals surface area contributed by atoms with E-state index in [2.05, 4.69) is 42.4 Å². The second-order valence-electron chi connectivity index (χ2n) is 4.66. The number of nitrogens with zero attached hydrogens (tertiary/aromatic N) is 1. The summed E-state index contributed by atoms with van der Waals surface area (Å²) in [6.07, 6.45) is 2.67. The van der Waals surface area contributed by atoms with Crippen LogP contribution in [-0.4, -0.2) is 19.1 Å². The highest BCUT2D eigenvalue weighted by molar-refractivity contribution is 5.75. The Morgan fingerprint density at radius 2 is 2.14 bits per heavy atom. The number of rotatable bonds is 0. The van der Waals surface area contributed by atoms with Crippen LogP contribution in [0.25, 0.3) is 0 Å². The molecule has 74 valence electrons. The van der Waals surface area contributed by atoms with Crippen molar-refractivity contribution in [2.45, 2.75) is 25.3 Å². The molecule has 0 saturated heterocycles. The van der Waals surface area contributed by atoms with E-state index in [4.69, 9.17) is 0 Å². The zero-order chi connectivity index (χ0) is 9.76. The van der Waals surface area contributed by atoms with Crippen molar-refractivity contribution in [1.29, 1.82) is 0 Å². The second kappa shape index (κ2) is 2.44. The van der Waals surface area contributed by atoms with Crippen molar-refractivity contribution in [3.8, 4) is 0 Å². The van der Waals surface area contributed by atoms with Gasteiger partial charge in [0.1, 0.15) is 0 Å². The molecule has 0 aromatic heterocycles. The Bertz CT molecular complexity index is 380. The summed E-state index contributed by atoms with van der Waals surface area (Å²) in [5.74, 6) is 0. The van der Waals surface area contributed by atoms with Gasteiger partial charge in [-0.2, -0.15) is 0 Å². The Labute approximate surface area is 84.9 Å². The van der Waals surface area contributed by atoms with E-state index in [-0.39, 0.29) is 0 Å². The van der Waals surface area contributed by atoms with E-state index in [1.54, 1.807) is 0 Å². The third kappa shape index (κ3) is 0.969. The number of hydrogen-bond donors (Lipinski definition) is 1. The average molecular weight is 188 g/mol. The SMILES string of the molecule is Cc1ccc2c(c1)NCC1(CC1)N2C. The third-order valence-corrected chi connectivity index (χ3v) is 3.66. The molecule has 2 nitrogen and oxygen atoms in total. The summed E-state index contributed by atoms with van der Waals surface area (Å²) in [6.45, 7) is 3.25. The predicted molar refractivity (Wildman–Crippen MR) is 60.0 cm³/mol. The van der Waals surface area contributed by atoms with E-state index in [0.29, 0.717) is 5.54 Å². The molecule has 1 heterocycles. The van der Waals surface area contributed by atoms with E-state index < -0.39 is 0 Å². The van der Waals surface area contributed by atoms with Crippen molar-refractivity contribution < 1.29 is 0 Å². The number of likely N-dealkylation sites (N-methyl/N-ethyl adjacent to an activating group) is 1. The highest BCUT2D eigenvalue weighted by atomic mass is 15.3. The summed E-state index contributed by atoms with van der Waals surface area (Å²) in [5.41, 5.74) is 4.43. The molecule has 0 atom stereocenters. The van der Waals surface area contributed by atoms with Crippen LogP contribution in [0.2, 0.25) is 0 Å². The lowest BCUT2D eigenvalue weighted by Gasteiger charge is -2.37. The maximum atomic E-state index is 3.54. The number of fused-ring (bicyclic) bond motifs is 1. The molecule has 0 unspecified atom stereocenters. The summed E-state index contributed by atoms with van der Waals surface area (Å²) in [5, 5.41) is 3.54. The summed E-state index contributed by atoms with van der Waals surface area (Å²) in [7, 11) is 2.22. The molecule has 1 saturated carbocycles. The number of benzene rings is 1. The van der Waals surface area contributed by atoms with Gasteiger partial charge in [-0.1, -0.05) is 6.07 Å². The molecule has 14 heavy (non-hydrogen) atoms. The van der Waals surface area contributed by atoms with E-state index >= 15 is 0 Å². The first kappa shape index (κ1) is 8.16. The molecule has 1 N–H and O–H groups in total. The minimum Gasteiger partial charge on any atom is -0.381 e. The fourth-order valence-electron chi connectivity index (χ4n) is 2.37. The largest absolute Gasteiger partial charge is 0.381 e. The number of anilines is 2. The summed E-state index contributed by atoms with van der Waals surface area (Å²) < 4.78 is 0. The molecule has 2 aliphatic rings. The number of nitrogens with one attached hydrogen (secondary N) is 1. The summed E-state index contributed by atoms with van der Waals surface area (Å²) in [6, 6.07) is 6.66. The van der Waals surface area contributed by atoms with Crippen molar-refractivity contribution in [2.24, 2.45) is 0 Å². The molecule has 1 aromatic carbocycles. The van der Waals surface area contributed by atoms with Crippen LogP contribution in [-0.2, 0) is 0 Å². The molecule has 1 spiro atoms. The van der Waals surface area contributed by atoms with Gasteiger partial charge in [-0.15, -0.1) is 0 Å². The second-order valence-corrected chi connectivity index (χ2v) is 4.66. The summed E-state index contributed by atoms with van der Waals surface area (Å²) in [4.78, 5) is 2.46. The topological polar surface area (TPSA) is 15.3 Å². The van der Waals surface area contributed by atoms with Crippen molar-refractivity contribution >= 4 is 11.4 Å². The van der Waals surface area contributed by atoms with Gasteiger partial charge >= 0.3 is 0 Å². The normalized spacial score (nSPS) is 21.7. The quantitative estimate of drug-likeness (QED) is 0.672. The van der Waals surface area contributed by atoms with E-state index in [9.17, 15) is 0 Å². The molecule has 0 radical (unpaired) electrons. The average Bonchev–Trinajstić information content (AvgIpc) is 2.93. The molecule has 1 aliphatic carbocycles. The number of aryl methyl sites for hydroxylation is 1. The molecule has 1 aromatic rings. The Morgan fingerprint density at radius 3 is 2.86 bits per heavy atom. The first-order valence-electron chi connectivity index (χ1n) is 5.30. The minimum absolute atomic E-state index is 0.447. The van der Waals surface area contributed by atoms with Crippen LogP contribution in [0, 0.1) is 6.92 Å². The van der Waals surface area contributed by atoms with Gasteiger partial charge in [-0.05, 0) is 37.5 Å². The predicted octanol–water partition coefficient (Wildman–Crippen LogP) is 2.39. The third-order valence-electron chi connectivity index (χ3n) is 3.66. The lowest BCUT2D eigenvalue weighted by molar-refractivity contribution is 0.640. The molecule has 1 fully saturated rings. The molecule has 0 bridgehead atoms. The van der Waals surface area contributed by atoms with Crippen LogP contribution in [0.5, 0.6) is 0 Å². The van der Waals surface area contributed by atoms with Crippen molar-refractivity contribution in [3.05, 3.63) is 23.8 Å². The lowest BCUT2D eigenvalue weighted by Crippen LogP contribution is -2.43. The molecule has 3 rings (SSSR count). The van der Waals surface area contributed by atoms with Gasteiger partial charge < -0.3 is 10.2 Å². The fourth-order valence-corrected chi connectivity index (χ4v) is 2.37. The molecule has 2 heteroatoms. The number of hydrogen-bond acceptors (Lipinski definition) is 2. The first-order chi connectivity index (χ1) is 6.71. The fraction of sp³-hybridized carbons (Fsp3) is 0.500. The van der Waals surface area contributed by atoms with Crippen LogP contribution < -0.4 is 10.2 Å². The molecular formula is C12H16N2. The Kier molecular flexibility index (Phi) is 1.42. The van der Waals surface area contributed by atoms with Crippen LogP contribution in [0.15, 0.2) is 18.2 Å². The Balaban J connectivity index is 2.07. The highest BCUT2D eigenvalue weighted by Crippen LogP contribution is 2.48. The minimum atomic E-state index is 0.447. The van der Waals surface area contributed by atoms with Gasteiger partial charge in [0.25, 0.3) is 0 Å². The zero-order valence-electron chi connectivity index (χ0n) is 8.80. The molecule has 0 amide bonds. The van der Waals surface area contributed by atoms with Crippen LogP contribution in [0.3, 0.4) is 0 Å². The lowest BCUT2D eigenvalue weighted by atomic mass is 10.1. The molecule has 1 aliphatic heterocycles. The van der Waals surface area contributed by atoms with Gasteiger partial charge in [-0.3, -0.25) is 0 Å². The highest BCUT2D eigenvalue weighted by Gasteiger charge is 2.48. The summed E-state index contributed by atoms with van der Waals surface area (Å²) >= 11 is 0. The van der Waals surface area contributed by atoms with Crippen LogP contribution in [0.1, 0.15) is 18.4 Å². The standard InChI is InChI=1S/C12H16N2/c1-9-3-4-11-10(7-9)13-8-12(5-6-12)14(11)2/h3-4,7,13H,5-6,8H2,1-2H3. The maximum absolute atomic E-state index is 3.54. The Morgan fingerprint density at radius 1 is 1.36 bits per heavy atom. The molecular weight excluding hydrogens is 172 g/mol. The smallest absolute Gasteiger partial charge is 0.0604 e. The monoisotopic (exact) mass is 188 g/mol. The van der Waals surface area contributed by atoms with Crippen LogP contribution in [0.4, 0.5) is 11.4 Å². The van der Waals surface area contributed by atoms with Gasteiger partial charge in [0.15, 0.2) is 0 Å². The van der Waals surface area contributed by atoms with E-state index in [0.717, 1.165) is 6.54 Å². The van der Waals surface area contributed by atoms with Crippen molar-refractivity contribution in [2.75, 3.05) is 23.8 Å². The zero-order valence-corrected chi connectivity index (χ0v) is 8.80. The van der Waals surface area contributed by atoms with Crippen molar-refractivity contribution in [1.82, 2.24) is 0 Å². The maximum Gasteiger partial charge on any atom is 0.0604 e. The van der Waals surface area contributed by atoms with Gasteiger partial charge in [0.2, 0.25) is 0 Å². The van der Waals surface area contributed by atoms with Gasteiger partial charge in [0.05, 0.1) is 16.9 Å². The van der Waals surface area contributed by atoms with Crippen molar-refractivity contribution in [3.63, 3.8) is 0 Å². The van der Waals surface area contributed by atoms with Gasteiger partial charge in [0, 0.05) is 13.6 Å².